The minimum Gasteiger partial charge on any atom is -0.264 e. The predicted octanol–water partition coefficient (Wildman–Crippen LogP) is 5.27. The van der Waals surface area contributed by atoms with Crippen molar-refractivity contribution in [1.29, 1.82) is 0 Å². The summed E-state index contributed by atoms with van der Waals surface area (Å²) in [5.41, 5.74) is 2.68. The third-order valence-corrected chi connectivity index (χ3v) is 6.18. The van der Waals surface area contributed by atoms with Gasteiger partial charge in [0.2, 0.25) is 0 Å². The Morgan fingerprint density at radius 3 is 2.36 bits per heavy atom. The largest absolute Gasteiger partial charge is 0.264 e. The van der Waals surface area contributed by atoms with Crippen LogP contribution < -0.4 is 4.72 Å². The number of benzene rings is 2. The second-order valence-corrected chi connectivity index (χ2v) is 8.87. The van der Waals surface area contributed by atoms with Crippen LogP contribution in [0.3, 0.4) is 0 Å². The average molecular weight is 418 g/mol. The van der Waals surface area contributed by atoms with Gasteiger partial charge in [0.05, 0.1) is 10.6 Å². The van der Waals surface area contributed by atoms with Crippen LogP contribution in [0.15, 0.2) is 59.5 Å². The maximum atomic E-state index is 12.7. The predicted molar refractivity (Wildman–Crippen MR) is 114 cm³/mol. The van der Waals surface area contributed by atoms with Crippen molar-refractivity contribution in [3.05, 3.63) is 65.2 Å². The molecule has 0 bridgehead atoms. The highest BCUT2D eigenvalue weighted by atomic mass is 35.5. The summed E-state index contributed by atoms with van der Waals surface area (Å²) in [6, 6.07) is 16.0. The molecule has 1 heterocycles. The molecule has 5 nitrogen and oxygen atoms in total. The highest BCUT2D eigenvalue weighted by Gasteiger charge is 2.17. The van der Waals surface area contributed by atoms with Crippen LogP contribution in [-0.2, 0) is 23.5 Å². The molecule has 1 aromatic heterocycles. The maximum absolute atomic E-state index is 12.7. The van der Waals surface area contributed by atoms with E-state index in [4.69, 9.17) is 11.6 Å². The fraction of sp³-hybridized carbons (Fsp3) is 0.286. The molecule has 7 heteroatoms. The normalized spacial score (nSPS) is 11.5. The number of sulfonamides is 1. The molecule has 28 heavy (non-hydrogen) atoms. The molecular formula is C21H24ClN3O2S. The van der Waals surface area contributed by atoms with Gasteiger partial charge in [-0.1, -0.05) is 55.6 Å². The van der Waals surface area contributed by atoms with Crippen LogP contribution in [0.25, 0.3) is 11.3 Å². The Balaban J connectivity index is 1.76. The van der Waals surface area contributed by atoms with Gasteiger partial charge in [0.15, 0.2) is 0 Å². The van der Waals surface area contributed by atoms with Crippen LogP contribution in [0.4, 0.5) is 5.82 Å². The van der Waals surface area contributed by atoms with Gasteiger partial charge in [-0.3, -0.25) is 9.40 Å². The number of halogens is 1. The summed E-state index contributed by atoms with van der Waals surface area (Å²) in [6.07, 6.45) is 4.42. The molecule has 0 aliphatic rings. The van der Waals surface area contributed by atoms with Crippen LogP contribution in [0.5, 0.6) is 0 Å². The minimum absolute atomic E-state index is 0.237. The molecule has 0 radical (unpaired) electrons. The van der Waals surface area contributed by atoms with Crippen molar-refractivity contribution in [2.45, 2.75) is 37.5 Å². The first-order valence-corrected chi connectivity index (χ1v) is 11.2. The molecule has 3 aromatic rings. The maximum Gasteiger partial charge on any atom is 0.263 e. The van der Waals surface area contributed by atoms with Gasteiger partial charge in [-0.25, -0.2) is 8.42 Å². The zero-order valence-electron chi connectivity index (χ0n) is 16.0. The van der Waals surface area contributed by atoms with Gasteiger partial charge >= 0.3 is 0 Å². The van der Waals surface area contributed by atoms with E-state index in [9.17, 15) is 8.42 Å². The van der Waals surface area contributed by atoms with E-state index in [0.29, 0.717) is 16.5 Å². The van der Waals surface area contributed by atoms with Crippen molar-refractivity contribution < 1.29 is 8.42 Å². The molecule has 1 N–H and O–H groups in total. The molecule has 0 saturated carbocycles. The molecule has 2 aromatic carbocycles. The van der Waals surface area contributed by atoms with E-state index in [2.05, 4.69) is 16.7 Å². The van der Waals surface area contributed by atoms with Gasteiger partial charge in [-0.15, -0.1) is 0 Å². The lowest BCUT2D eigenvalue weighted by molar-refractivity contribution is 0.600. The molecule has 3 rings (SSSR count). The summed E-state index contributed by atoms with van der Waals surface area (Å²) < 4.78 is 29.6. The third-order valence-electron chi connectivity index (χ3n) is 4.56. The molecule has 0 amide bonds. The van der Waals surface area contributed by atoms with Crippen molar-refractivity contribution in [2.24, 2.45) is 7.05 Å². The molecule has 0 fully saturated rings. The molecule has 0 aliphatic heterocycles. The summed E-state index contributed by atoms with van der Waals surface area (Å²) in [5, 5.41) is 5.03. The Bertz CT molecular complexity index is 1030. The molecule has 0 unspecified atom stereocenters. The van der Waals surface area contributed by atoms with Crippen molar-refractivity contribution in [3.63, 3.8) is 0 Å². The van der Waals surface area contributed by atoms with Crippen molar-refractivity contribution >= 4 is 27.4 Å². The summed E-state index contributed by atoms with van der Waals surface area (Å²) in [4.78, 5) is 0.237. The monoisotopic (exact) mass is 417 g/mol. The highest BCUT2D eigenvalue weighted by molar-refractivity contribution is 7.92. The van der Waals surface area contributed by atoms with E-state index in [-0.39, 0.29) is 4.90 Å². The lowest BCUT2D eigenvalue weighted by Crippen LogP contribution is -2.15. The summed E-state index contributed by atoms with van der Waals surface area (Å²) in [6.45, 7) is 2.16. The number of nitrogens with one attached hydrogen (secondary N) is 1. The van der Waals surface area contributed by atoms with Crippen LogP contribution in [0.1, 0.15) is 31.7 Å². The molecule has 0 spiro atoms. The third kappa shape index (κ3) is 4.94. The van der Waals surface area contributed by atoms with Gasteiger partial charge < -0.3 is 0 Å². The first-order chi connectivity index (χ1) is 13.4. The lowest BCUT2D eigenvalue weighted by Gasteiger charge is -2.08. The zero-order valence-corrected chi connectivity index (χ0v) is 17.6. The molecule has 0 atom stereocenters. The van der Waals surface area contributed by atoms with Gasteiger partial charge in [-0.05, 0) is 42.7 Å². The molecule has 0 aliphatic carbocycles. The number of rotatable bonds is 8. The quantitative estimate of drug-likeness (QED) is 0.507. The van der Waals surface area contributed by atoms with Crippen molar-refractivity contribution in [2.75, 3.05) is 4.72 Å². The first kappa shape index (κ1) is 20.4. The summed E-state index contributed by atoms with van der Waals surface area (Å²) in [7, 11) is -1.98. The average Bonchev–Trinajstić information content (AvgIpc) is 3.03. The minimum atomic E-state index is -3.69. The fourth-order valence-electron chi connectivity index (χ4n) is 2.94. The topological polar surface area (TPSA) is 64.0 Å². The lowest BCUT2D eigenvalue weighted by atomic mass is 10.1. The zero-order chi connectivity index (χ0) is 20.1. The number of nitrogens with zero attached hydrogens (tertiary/aromatic N) is 2. The summed E-state index contributed by atoms with van der Waals surface area (Å²) >= 11 is 5.92. The van der Waals surface area contributed by atoms with Gasteiger partial charge in [-0.2, -0.15) is 5.10 Å². The van der Waals surface area contributed by atoms with Crippen LogP contribution in [-0.4, -0.2) is 18.2 Å². The standard InChI is InChI=1S/C21H24ClN3O2S/c1-3-4-5-6-16-7-13-19(14-8-16)28(26,27)24-21-15-20(23-25(21)2)17-9-11-18(22)12-10-17/h7-15,24H,3-6H2,1-2H3. The van der Waals surface area contributed by atoms with Gasteiger partial charge in [0, 0.05) is 23.7 Å². The van der Waals surface area contributed by atoms with Crippen LogP contribution >= 0.6 is 11.6 Å². The Hall–Kier alpha value is -2.31. The first-order valence-electron chi connectivity index (χ1n) is 9.31. The molecule has 0 saturated heterocycles. The Morgan fingerprint density at radius 1 is 1.04 bits per heavy atom. The Labute approximate surface area is 171 Å². The number of anilines is 1. The van der Waals surface area contributed by atoms with Crippen LogP contribution in [0.2, 0.25) is 5.02 Å². The summed E-state index contributed by atoms with van der Waals surface area (Å²) in [5.74, 6) is 0.400. The van der Waals surface area contributed by atoms with E-state index >= 15 is 0 Å². The van der Waals surface area contributed by atoms with E-state index in [1.807, 2.05) is 24.3 Å². The van der Waals surface area contributed by atoms with E-state index < -0.39 is 10.0 Å². The number of unbranched alkanes of at least 4 members (excludes halogenated alkanes) is 2. The van der Waals surface area contributed by atoms with Crippen LogP contribution in [0, 0.1) is 0 Å². The van der Waals surface area contributed by atoms with E-state index in [0.717, 1.165) is 24.0 Å². The van der Waals surface area contributed by atoms with Crippen molar-refractivity contribution in [3.8, 4) is 11.3 Å². The SMILES string of the molecule is CCCCCc1ccc(S(=O)(=O)Nc2cc(-c3ccc(Cl)cc3)nn2C)cc1. The highest BCUT2D eigenvalue weighted by Crippen LogP contribution is 2.25. The number of aryl methyl sites for hydroxylation is 2. The van der Waals surface area contributed by atoms with E-state index in [1.165, 1.54) is 17.5 Å². The molecule has 148 valence electrons. The number of hydrogen-bond acceptors (Lipinski definition) is 3. The van der Waals surface area contributed by atoms with Gasteiger partial charge in [0.1, 0.15) is 5.82 Å². The molecular weight excluding hydrogens is 394 g/mol. The Morgan fingerprint density at radius 2 is 1.71 bits per heavy atom. The fourth-order valence-corrected chi connectivity index (χ4v) is 4.14. The van der Waals surface area contributed by atoms with Crippen molar-refractivity contribution in [1.82, 2.24) is 9.78 Å². The second-order valence-electron chi connectivity index (χ2n) is 6.75. The second kappa shape index (κ2) is 8.80. The number of aromatic nitrogens is 2. The number of hydrogen-bond donors (Lipinski definition) is 1. The smallest absolute Gasteiger partial charge is 0.263 e. The Kier molecular flexibility index (Phi) is 6.42. The van der Waals surface area contributed by atoms with Gasteiger partial charge in [0.25, 0.3) is 10.0 Å². The van der Waals surface area contributed by atoms with E-state index in [1.54, 1.807) is 37.4 Å².